The Morgan fingerprint density at radius 2 is 2.13 bits per heavy atom. The molecule has 4 heteroatoms. The van der Waals surface area contributed by atoms with Gasteiger partial charge < -0.3 is 11.1 Å². The second-order valence-corrected chi connectivity index (χ2v) is 5.27. The number of hydrogen-bond acceptors (Lipinski definition) is 2. The highest BCUT2D eigenvalue weighted by molar-refractivity contribution is 7.80. The molecule has 0 bridgehead atoms. The molecule has 86 valence electrons. The third kappa shape index (κ3) is 3.16. The molecule has 1 amide bonds. The first-order chi connectivity index (χ1) is 6.94. The van der Waals surface area contributed by atoms with Gasteiger partial charge in [-0.25, -0.2) is 0 Å². The van der Waals surface area contributed by atoms with Crippen LogP contribution in [0.3, 0.4) is 0 Å². The Bertz CT molecular complexity index is 259. The second kappa shape index (κ2) is 4.92. The summed E-state index contributed by atoms with van der Waals surface area (Å²) in [4.78, 5) is 12.0. The van der Waals surface area contributed by atoms with Crippen molar-refractivity contribution >= 4 is 23.1 Å². The van der Waals surface area contributed by atoms with E-state index in [1.54, 1.807) is 13.8 Å². The van der Waals surface area contributed by atoms with Crippen LogP contribution in [0.2, 0.25) is 0 Å². The molecule has 0 unspecified atom stereocenters. The number of thiocarbonyl (C=S) groups is 1. The monoisotopic (exact) mass is 228 g/mol. The number of amides is 1. The van der Waals surface area contributed by atoms with E-state index in [0.29, 0.717) is 0 Å². The number of rotatable bonds is 5. The van der Waals surface area contributed by atoms with Crippen molar-refractivity contribution < 1.29 is 4.79 Å². The summed E-state index contributed by atoms with van der Waals surface area (Å²) in [6, 6.07) is 0. The van der Waals surface area contributed by atoms with Crippen molar-refractivity contribution in [2.24, 2.45) is 17.1 Å². The fraction of sp³-hybridized carbons (Fsp3) is 0.818. The second-order valence-electron chi connectivity index (χ2n) is 4.83. The summed E-state index contributed by atoms with van der Waals surface area (Å²) in [6.07, 6.45) is 5.05. The SMILES string of the molecule is CC(C)(C(=O)NCCC1CCC1)C(N)=S. The third-order valence-corrected chi connectivity index (χ3v) is 3.76. The third-order valence-electron chi connectivity index (χ3n) is 3.25. The zero-order valence-electron chi connectivity index (χ0n) is 9.51. The number of carbonyl (C=O) groups is 1. The van der Waals surface area contributed by atoms with Crippen LogP contribution in [0, 0.1) is 11.3 Å². The van der Waals surface area contributed by atoms with E-state index in [2.05, 4.69) is 5.32 Å². The lowest BCUT2D eigenvalue weighted by molar-refractivity contribution is -0.126. The van der Waals surface area contributed by atoms with E-state index >= 15 is 0 Å². The molecule has 1 aliphatic carbocycles. The number of nitrogens with two attached hydrogens (primary N) is 1. The quantitative estimate of drug-likeness (QED) is 0.703. The van der Waals surface area contributed by atoms with Gasteiger partial charge in [-0.05, 0) is 26.2 Å². The molecule has 1 aliphatic rings. The van der Waals surface area contributed by atoms with Crippen LogP contribution in [0.5, 0.6) is 0 Å². The van der Waals surface area contributed by atoms with Crippen LogP contribution in [0.4, 0.5) is 0 Å². The van der Waals surface area contributed by atoms with Crippen molar-refractivity contribution in [2.75, 3.05) is 6.54 Å². The first-order valence-electron chi connectivity index (χ1n) is 5.53. The summed E-state index contributed by atoms with van der Waals surface area (Å²) in [5.74, 6) is 0.757. The van der Waals surface area contributed by atoms with Gasteiger partial charge in [0.2, 0.25) is 5.91 Å². The molecule has 0 atom stereocenters. The van der Waals surface area contributed by atoms with E-state index in [1.807, 2.05) is 0 Å². The molecule has 0 saturated heterocycles. The lowest BCUT2D eigenvalue weighted by atomic mass is 9.83. The van der Waals surface area contributed by atoms with Gasteiger partial charge in [-0.1, -0.05) is 31.5 Å². The van der Waals surface area contributed by atoms with Crippen LogP contribution >= 0.6 is 12.2 Å². The van der Waals surface area contributed by atoms with Crippen molar-refractivity contribution in [2.45, 2.75) is 39.5 Å². The molecule has 0 aromatic carbocycles. The highest BCUT2D eigenvalue weighted by Gasteiger charge is 2.30. The lowest BCUT2D eigenvalue weighted by Gasteiger charge is -2.26. The summed E-state index contributed by atoms with van der Waals surface area (Å²) in [5.41, 5.74) is 4.78. The van der Waals surface area contributed by atoms with Crippen LogP contribution in [0.25, 0.3) is 0 Å². The van der Waals surface area contributed by atoms with Crippen molar-refractivity contribution in [1.29, 1.82) is 0 Å². The van der Waals surface area contributed by atoms with Crippen molar-refractivity contribution in [3.63, 3.8) is 0 Å². The standard InChI is InChI=1S/C11H20N2OS/c1-11(2,9(12)15)10(14)13-7-6-8-4-3-5-8/h8H,3-7H2,1-2H3,(H2,12,15)(H,13,14). The van der Waals surface area contributed by atoms with Crippen LogP contribution in [0.15, 0.2) is 0 Å². The molecule has 0 aliphatic heterocycles. The topological polar surface area (TPSA) is 55.1 Å². The van der Waals surface area contributed by atoms with E-state index < -0.39 is 5.41 Å². The number of nitrogens with one attached hydrogen (secondary N) is 1. The minimum absolute atomic E-state index is 0.0608. The predicted octanol–water partition coefficient (Wildman–Crippen LogP) is 1.61. The highest BCUT2D eigenvalue weighted by Crippen LogP contribution is 2.28. The fourth-order valence-electron chi connectivity index (χ4n) is 1.50. The molecule has 0 spiro atoms. The summed E-state index contributed by atoms with van der Waals surface area (Å²) < 4.78 is 0. The van der Waals surface area contributed by atoms with Gasteiger partial charge in [-0.15, -0.1) is 0 Å². The Hall–Kier alpha value is -0.640. The maximum atomic E-state index is 11.7. The Morgan fingerprint density at radius 3 is 2.53 bits per heavy atom. The zero-order valence-corrected chi connectivity index (χ0v) is 10.3. The molecule has 1 saturated carbocycles. The number of carbonyl (C=O) groups excluding carboxylic acids is 1. The predicted molar refractivity (Wildman–Crippen MR) is 65.5 cm³/mol. The number of hydrogen-bond donors (Lipinski definition) is 2. The van der Waals surface area contributed by atoms with E-state index in [4.69, 9.17) is 18.0 Å². The Kier molecular flexibility index (Phi) is 4.08. The summed E-state index contributed by atoms with van der Waals surface area (Å²) >= 11 is 4.86. The largest absolute Gasteiger partial charge is 0.392 e. The average Bonchev–Trinajstić information content (AvgIpc) is 2.08. The van der Waals surface area contributed by atoms with Crippen LogP contribution in [-0.4, -0.2) is 17.4 Å². The smallest absolute Gasteiger partial charge is 0.232 e. The van der Waals surface area contributed by atoms with Crippen LogP contribution in [0.1, 0.15) is 39.5 Å². The van der Waals surface area contributed by atoms with Gasteiger partial charge >= 0.3 is 0 Å². The summed E-state index contributed by atoms with van der Waals surface area (Å²) in [7, 11) is 0. The average molecular weight is 228 g/mol. The maximum Gasteiger partial charge on any atom is 0.232 e. The molecule has 3 N–H and O–H groups in total. The molecule has 0 aromatic heterocycles. The fourth-order valence-corrected chi connectivity index (χ4v) is 1.60. The first kappa shape index (κ1) is 12.4. The van der Waals surface area contributed by atoms with E-state index in [1.165, 1.54) is 19.3 Å². The van der Waals surface area contributed by atoms with E-state index in [0.717, 1.165) is 18.9 Å². The van der Waals surface area contributed by atoms with Gasteiger partial charge in [0.25, 0.3) is 0 Å². The Balaban J connectivity index is 2.25. The molecule has 1 fully saturated rings. The highest BCUT2D eigenvalue weighted by atomic mass is 32.1. The minimum atomic E-state index is -0.727. The van der Waals surface area contributed by atoms with Gasteiger partial charge in [0.05, 0.1) is 10.4 Å². The molecular weight excluding hydrogens is 208 g/mol. The summed E-state index contributed by atoms with van der Waals surface area (Å²) in [6.45, 7) is 4.26. The molecule has 0 aromatic rings. The van der Waals surface area contributed by atoms with Gasteiger partial charge in [-0.2, -0.15) is 0 Å². The minimum Gasteiger partial charge on any atom is -0.392 e. The van der Waals surface area contributed by atoms with Crippen molar-refractivity contribution in [3.8, 4) is 0 Å². The zero-order chi connectivity index (χ0) is 11.5. The van der Waals surface area contributed by atoms with Crippen LogP contribution < -0.4 is 11.1 Å². The molecule has 0 radical (unpaired) electrons. The molecule has 0 heterocycles. The van der Waals surface area contributed by atoms with Crippen molar-refractivity contribution in [3.05, 3.63) is 0 Å². The van der Waals surface area contributed by atoms with Gasteiger partial charge in [0, 0.05) is 6.54 Å². The van der Waals surface area contributed by atoms with E-state index in [9.17, 15) is 4.79 Å². The van der Waals surface area contributed by atoms with Gasteiger partial charge in [0.1, 0.15) is 0 Å². The molecule has 3 nitrogen and oxygen atoms in total. The molecule has 1 rings (SSSR count). The Labute approximate surface area is 96.8 Å². The van der Waals surface area contributed by atoms with Crippen molar-refractivity contribution in [1.82, 2.24) is 5.32 Å². The molecular formula is C11H20N2OS. The maximum absolute atomic E-state index is 11.7. The van der Waals surface area contributed by atoms with Gasteiger partial charge in [0.15, 0.2) is 0 Å². The van der Waals surface area contributed by atoms with Crippen LogP contribution in [-0.2, 0) is 4.79 Å². The van der Waals surface area contributed by atoms with E-state index in [-0.39, 0.29) is 10.9 Å². The summed E-state index contributed by atoms with van der Waals surface area (Å²) in [5, 5.41) is 2.90. The lowest BCUT2D eigenvalue weighted by Crippen LogP contribution is -2.45. The molecule has 15 heavy (non-hydrogen) atoms. The normalized spacial score (nSPS) is 16.9. The van der Waals surface area contributed by atoms with Gasteiger partial charge in [-0.3, -0.25) is 4.79 Å². The first-order valence-corrected chi connectivity index (χ1v) is 5.93. The Morgan fingerprint density at radius 1 is 1.53 bits per heavy atom.